The number of rotatable bonds is 3. The van der Waals surface area contributed by atoms with Gasteiger partial charge in [0.05, 0.1) is 13.7 Å². The summed E-state index contributed by atoms with van der Waals surface area (Å²) in [4.78, 5) is 12.3. The Labute approximate surface area is 123 Å². The Bertz CT molecular complexity index is 667. The zero-order chi connectivity index (χ0) is 14.7. The quantitative estimate of drug-likeness (QED) is 0.940. The molecule has 108 valence electrons. The predicted molar refractivity (Wildman–Crippen MR) is 81.2 cm³/mol. The van der Waals surface area contributed by atoms with E-state index in [1.165, 1.54) is 0 Å². The molecule has 0 aliphatic carbocycles. The minimum Gasteiger partial charge on any atom is -0.497 e. The van der Waals surface area contributed by atoms with Crippen molar-refractivity contribution in [2.75, 3.05) is 19.0 Å². The van der Waals surface area contributed by atoms with Gasteiger partial charge in [0.25, 0.3) is 5.91 Å². The van der Waals surface area contributed by atoms with Gasteiger partial charge in [-0.25, -0.2) is 0 Å². The summed E-state index contributed by atoms with van der Waals surface area (Å²) in [7, 11) is 1.58. The van der Waals surface area contributed by atoms with Crippen molar-refractivity contribution in [3.05, 3.63) is 53.6 Å². The summed E-state index contributed by atoms with van der Waals surface area (Å²) >= 11 is 0. The van der Waals surface area contributed by atoms with Crippen LogP contribution in [-0.2, 0) is 6.42 Å². The largest absolute Gasteiger partial charge is 0.497 e. The fraction of sp³-hybridized carbons (Fsp3) is 0.235. The number of nitrogens with one attached hydrogen (secondary N) is 1. The van der Waals surface area contributed by atoms with E-state index in [1.54, 1.807) is 25.3 Å². The summed E-state index contributed by atoms with van der Waals surface area (Å²) in [6.07, 6.45) is 2.00. The van der Waals surface area contributed by atoms with Crippen LogP contribution < -0.4 is 14.8 Å². The Kier molecular flexibility index (Phi) is 3.77. The molecular weight excluding hydrogens is 266 g/mol. The van der Waals surface area contributed by atoms with Crippen LogP contribution in [0.3, 0.4) is 0 Å². The van der Waals surface area contributed by atoms with E-state index < -0.39 is 0 Å². The molecule has 1 heterocycles. The number of benzene rings is 2. The molecular formula is C17H17NO3. The number of hydrogen-bond acceptors (Lipinski definition) is 3. The lowest BCUT2D eigenvalue weighted by atomic mass is 10.1. The van der Waals surface area contributed by atoms with Gasteiger partial charge in [0.2, 0.25) is 0 Å². The highest BCUT2D eigenvalue weighted by atomic mass is 16.5. The summed E-state index contributed by atoms with van der Waals surface area (Å²) in [5, 5.41) is 2.91. The Balaban J connectivity index is 1.78. The average Bonchev–Trinajstić information content (AvgIpc) is 2.54. The van der Waals surface area contributed by atoms with Gasteiger partial charge in [-0.3, -0.25) is 4.79 Å². The highest BCUT2D eigenvalue weighted by Gasteiger charge is 2.12. The maximum absolute atomic E-state index is 12.3. The number of ether oxygens (including phenoxy) is 2. The lowest BCUT2D eigenvalue weighted by molar-refractivity contribution is 0.102. The molecule has 2 aromatic carbocycles. The molecule has 1 aliphatic rings. The van der Waals surface area contributed by atoms with E-state index in [2.05, 4.69) is 5.32 Å². The summed E-state index contributed by atoms with van der Waals surface area (Å²) in [5.74, 6) is 1.44. The van der Waals surface area contributed by atoms with Gasteiger partial charge in [0.1, 0.15) is 11.5 Å². The molecule has 4 heteroatoms. The maximum atomic E-state index is 12.3. The molecule has 0 aromatic heterocycles. The fourth-order valence-corrected chi connectivity index (χ4v) is 2.41. The smallest absolute Gasteiger partial charge is 0.255 e. The van der Waals surface area contributed by atoms with Gasteiger partial charge in [-0.15, -0.1) is 0 Å². The number of anilines is 1. The van der Waals surface area contributed by atoms with Gasteiger partial charge in [-0.2, -0.15) is 0 Å². The van der Waals surface area contributed by atoms with Gasteiger partial charge < -0.3 is 14.8 Å². The monoisotopic (exact) mass is 283 g/mol. The molecule has 0 saturated heterocycles. The first-order valence-electron chi connectivity index (χ1n) is 6.97. The molecule has 0 fully saturated rings. The molecule has 0 spiro atoms. The fourth-order valence-electron chi connectivity index (χ4n) is 2.41. The zero-order valence-corrected chi connectivity index (χ0v) is 11.9. The Morgan fingerprint density at radius 3 is 3.00 bits per heavy atom. The highest BCUT2D eigenvalue weighted by molar-refractivity contribution is 6.04. The van der Waals surface area contributed by atoms with Crippen molar-refractivity contribution in [3.8, 4) is 11.5 Å². The topological polar surface area (TPSA) is 47.6 Å². The van der Waals surface area contributed by atoms with Crippen LogP contribution >= 0.6 is 0 Å². The number of methoxy groups -OCH3 is 1. The number of hydrogen-bond donors (Lipinski definition) is 1. The van der Waals surface area contributed by atoms with Crippen molar-refractivity contribution in [3.63, 3.8) is 0 Å². The summed E-state index contributed by atoms with van der Waals surface area (Å²) in [5.41, 5.74) is 2.50. The van der Waals surface area contributed by atoms with Crippen LogP contribution in [0.2, 0.25) is 0 Å². The number of carbonyl (C=O) groups excluding carboxylic acids is 1. The van der Waals surface area contributed by atoms with Crippen LogP contribution in [0, 0.1) is 0 Å². The molecule has 0 saturated carbocycles. The molecule has 0 unspecified atom stereocenters. The number of amides is 1. The Morgan fingerprint density at radius 2 is 2.14 bits per heavy atom. The Hall–Kier alpha value is -2.49. The average molecular weight is 283 g/mol. The van der Waals surface area contributed by atoms with Crippen LogP contribution in [0.25, 0.3) is 0 Å². The van der Waals surface area contributed by atoms with Crippen molar-refractivity contribution >= 4 is 11.6 Å². The first-order valence-corrected chi connectivity index (χ1v) is 6.97. The molecule has 0 bridgehead atoms. The normalized spacial score (nSPS) is 13.0. The van der Waals surface area contributed by atoms with Crippen LogP contribution in [0.4, 0.5) is 5.69 Å². The minimum atomic E-state index is -0.148. The number of fused-ring (bicyclic) bond motifs is 1. The third-order valence-corrected chi connectivity index (χ3v) is 3.50. The molecule has 1 N–H and O–H groups in total. The van der Waals surface area contributed by atoms with Gasteiger partial charge in [0, 0.05) is 11.3 Å². The van der Waals surface area contributed by atoms with Crippen LogP contribution in [0.5, 0.6) is 11.5 Å². The van der Waals surface area contributed by atoms with E-state index in [-0.39, 0.29) is 5.91 Å². The lowest BCUT2D eigenvalue weighted by Gasteiger charge is -2.18. The van der Waals surface area contributed by atoms with E-state index in [1.807, 2.05) is 24.3 Å². The van der Waals surface area contributed by atoms with Gasteiger partial charge in [-0.05, 0) is 54.8 Å². The second kappa shape index (κ2) is 5.87. The maximum Gasteiger partial charge on any atom is 0.255 e. The first kappa shape index (κ1) is 13.5. The first-order chi connectivity index (χ1) is 10.3. The number of carbonyl (C=O) groups is 1. The van der Waals surface area contributed by atoms with E-state index in [0.717, 1.165) is 36.4 Å². The van der Waals surface area contributed by atoms with Crippen molar-refractivity contribution in [1.29, 1.82) is 0 Å². The molecule has 4 nitrogen and oxygen atoms in total. The van der Waals surface area contributed by atoms with E-state index in [9.17, 15) is 4.79 Å². The minimum absolute atomic E-state index is 0.148. The SMILES string of the molecule is COc1cccc(C(=O)Nc2ccc3c(c2)CCCO3)c1. The van der Waals surface area contributed by atoms with Gasteiger partial charge in [-0.1, -0.05) is 6.07 Å². The zero-order valence-electron chi connectivity index (χ0n) is 11.9. The third kappa shape index (κ3) is 2.99. The second-order valence-corrected chi connectivity index (χ2v) is 4.96. The standard InChI is InChI=1S/C17H17NO3/c1-20-15-6-2-4-13(11-15)17(19)18-14-7-8-16-12(10-14)5-3-9-21-16/h2,4,6-8,10-11H,3,5,9H2,1H3,(H,18,19). The summed E-state index contributed by atoms with van der Waals surface area (Å²) in [6, 6.07) is 12.8. The van der Waals surface area contributed by atoms with Crippen molar-refractivity contribution in [2.24, 2.45) is 0 Å². The lowest BCUT2D eigenvalue weighted by Crippen LogP contribution is -2.13. The molecule has 0 radical (unpaired) electrons. The molecule has 1 amide bonds. The third-order valence-electron chi connectivity index (χ3n) is 3.50. The number of aryl methyl sites for hydroxylation is 1. The van der Waals surface area contributed by atoms with Gasteiger partial charge >= 0.3 is 0 Å². The summed E-state index contributed by atoms with van der Waals surface area (Å²) in [6.45, 7) is 0.766. The highest BCUT2D eigenvalue weighted by Crippen LogP contribution is 2.27. The Morgan fingerprint density at radius 1 is 1.24 bits per heavy atom. The second-order valence-electron chi connectivity index (χ2n) is 4.96. The van der Waals surface area contributed by atoms with Crippen LogP contribution in [0.1, 0.15) is 22.3 Å². The van der Waals surface area contributed by atoms with E-state index in [0.29, 0.717) is 11.3 Å². The van der Waals surface area contributed by atoms with Crippen LogP contribution in [-0.4, -0.2) is 19.6 Å². The molecule has 2 aromatic rings. The predicted octanol–water partition coefficient (Wildman–Crippen LogP) is 3.27. The van der Waals surface area contributed by atoms with Crippen molar-refractivity contribution in [1.82, 2.24) is 0 Å². The molecule has 21 heavy (non-hydrogen) atoms. The molecule has 0 atom stereocenters. The van der Waals surface area contributed by atoms with Crippen molar-refractivity contribution in [2.45, 2.75) is 12.8 Å². The van der Waals surface area contributed by atoms with Gasteiger partial charge in [0.15, 0.2) is 0 Å². The summed E-state index contributed by atoms with van der Waals surface area (Å²) < 4.78 is 10.7. The van der Waals surface area contributed by atoms with Crippen molar-refractivity contribution < 1.29 is 14.3 Å². The van der Waals surface area contributed by atoms with Crippen LogP contribution in [0.15, 0.2) is 42.5 Å². The molecule has 3 rings (SSSR count). The molecule has 1 aliphatic heterocycles. The van der Waals surface area contributed by atoms with E-state index in [4.69, 9.17) is 9.47 Å². The van der Waals surface area contributed by atoms with E-state index >= 15 is 0 Å².